The van der Waals surface area contributed by atoms with Gasteiger partial charge in [0, 0.05) is 24.6 Å². The van der Waals surface area contributed by atoms with Gasteiger partial charge in [-0.25, -0.2) is 4.79 Å². The van der Waals surface area contributed by atoms with Crippen LogP contribution in [0.5, 0.6) is 0 Å². The van der Waals surface area contributed by atoms with Crippen LogP contribution in [0, 0.1) is 17.2 Å². The predicted molar refractivity (Wildman–Crippen MR) is 114 cm³/mol. The number of ether oxygens (including phenoxy) is 1. The lowest BCUT2D eigenvalue weighted by Crippen LogP contribution is -2.55. The molecule has 2 N–H and O–H groups in total. The third-order valence-electron chi connectivity index (χ3n) is 4.49. The summed E-state index contributed by atoms with van der Waals surface area (Å²) >= 11 is 1.60. The molecule has 0 radical (unpaired) electrons. The highest BCUT2D eigenvalue weighted by atomic mass is 32.2. The molecule has 0 aromatic heterocycles. The molecule has 1 aromatic carbocycles. The minimum Gasteiger partial charge on any atom is -0.378 e. The largest absolute Gasteiger partial charge is 0.378 e. The Morgan fingerprint density at radius 3 is 2.52 bits per heavy atom. The molecule has 8 heteroatoms. The van der Waals surface area contributed by atoms with Gasteiger partial charge in [0.2, 0.25) is 5.91 Å². The minimum absolute atomic E-state index is 0.226. The number of urea groups is 1. The molecule has 1 heterocycles. The number of nitrogens with zero attached hydrogens (tertiary/aromatic N) is 2. The molecular weight excluding hydrogens is 388 g/mol. The lowest BCUT2D eigenvalue weighted by molar-refractivity contribution is -0.123. The van der Waals surface area contributed by atoms with Crippen LogP contribution in [0.15, 0.2) is 30.3 Å². The number of nitriles is 1. The van der Waals surface area contributed by atoms with Crippen LogP contribution >= 0.6 is 11.8 Å². The number of carbonyl (C=O) groups excluding carboxylic acids is 2. The van der Waals surface area contributed by atoms with E-state index >= 15 is 0 Å². The van der Waals surface area contributed by atoms with E-state index < -0.39 is 12.1 Å². The molecule has 7 nitrogen and oxygen atoms in total. The molecule has 1 fully saturated rings. The normalized spacial score (nSPS) is 16.0. The quantitative estimate of drug-likeness (QED) is 0.642. The van der Waals surface area contributed by atoms with Crippen LogP contribution in [0.25, 0.3) is 0 Å². The van der Waals surface area contributed by atoms with Crippen LogP contribution in [0.4, 0.5) is 4.79 Å². The molecule has 29 heavy (non-hydrogen) atoms. The van der Waals surface area contributed by atoms with Crippen molar-refractivity contribution in [1.82, 2.24) is 15.5 Å². The molecule has 158 valence electrons. The van der Waals surface area contributed by atoms with Crippen molar-refractivity contribution in [2.45, 2.75) is 38.1 Å². The van der Waals surface area contributed by atoms with E-state index in [0.29, 0.717) is 38.5 Å². The van der Waals surface area contributed by atoms with E-state index in [4.69, 9.17) is 4.74 Å². The number of benzene rings is 1. The summed E-state index contributed by atoms with van der Waals surface area (Å²) in [7, 11) is 0. The zero-order chi connectivity index (χ0) is 21.1. The molecule has 0 spiro atoms. The Hall–Kier alpha value is -2.24. The third kappa shape index (κ3) is 8.34. The van der Waals surface area contributed by atoms with Gasteiger partial charge in [-0.15, -0.1) is 0 Å². The molecule has 0 saturated carbocycles. The maximum Gasteiger partial charge on any atom is 0.318 e. The van der Waals surface area contributed by atoms with Gasteiger partial charge in [-0.3, -0.25) is 4.79 Å². The summed E-state index contributed by atoms with van der Waals surface area (Å²) in [6.07, 6.45) is 0.511. The van der Waals surface area contributed by atoms with Crippen molar-refractivity contribution in [3.05, 3.63) is 35.9 Å². The number of rotatable bonds is 9. The number of nitrogens with one attached hydrogen (secondary N) is 2. The fourth-order valence-corrected chi connectivity index (χ4v) is 3.90. The zero-order valence-corrected chi connectivity index (χ0v) is 17.9. The highest BCUT2D eigenvalue weighted by Crippen LogP contribution is 2.13. The Morgan fingerprint density at radius 2 is 1.90 bits per heavy atom. The summed E-state index contributed by atoms with van der Waals surface area (Å²) in [4.78, 5) is 26.9. The minimum atomic E-state index is -0.666. The number of amides is 3. The summed E-state index contributed by atoms with van der Waals surface area (Å²) < 4.78 is 5.26. The van der Waals surface area contributed by atoms with Crippen LogP contribution in [0.2, 0.25) is 0 Å². The van der Waals surface area contributed by atoms with Crippen molar-refractivity contribution >= 4 is 23.7 Å². The Balaban J connectivity index is 1.87. The van der Waals surface area contributed by atoms with E-state index in [1.807, 2.05) is 44.2 Å². The van der Waals surface area contributed by atoms with E-state index in [-0.39, 0.29) is 17.9 Å². The molecule has 2 rings (SSSR count). The van der Waals surface area contributed by atoms with Crippen LogP contribution in [-0.4, -0.2) is 61.0 Å². The first kappa shape index (κ1) is 23.0. The van der Waals surface area contributed by atoms with Crippen LogP contribution < -0.4 is 10.6 Å². The van der Waals surface area contributed by atoms with E-state index in [0.717, 1.165) is 5.75 Å². The van der Waals surface area contributed by atoms with Gasteiger partial charge in [0.1, 0.15) is 12.1 Å². The topological polar surface area (TPSA) is 94.5 Å². The highest BCUT2D eigenvalue weighted by Gasteiger charge is 2.27. The smallest absolute Gasteiger partial charge is 0.318 e. The standard InChI is InChI=1S/C21H30N4O3S/c1-16(2)12-19(24-21(27)25-8-10-28-11-9-25)20(26)23-18(13-22)15-29-14-17-6-4-3-5-7-17/h3-7,16,18-19H,8-12,14-15H2,1-2H3,(H,23,26)(H,24,27). The first-order chi connectivity index (χ1) is 14.0. The molecule has 1 aliphatic rings. The maximum atomic E-state index is 12.8. The lowest BCUT2D eigenvalue weighted by atomic mass is 10.0. The predicted octanol–water partition coefficient (Wildman–Crippen LogP) is 2.38. The fourth-order valence-electron chi connectivity index (χ4n) is 2.96. The van der Waals surface area contributed by atoms with Gasteiger partial charge in [0.05, 0.1) is 19.3 Å². The SMILES string of the molecule is CC(C)CC(NC(=O)N1CCOCC1)C(=O)NC(C#N)CSCc1ccccc1. The molecule has 2 atom stereocenters. The number of thioether (sulfide) groups is 1. The number of hydrogen-bond donors (Lipinski definition) is 2. The van der Waals surface area contributed by atoms with Gasteiger partial charge in [-0.05, 0) is 17.9 Å². The maximum absolute atomic E-state index is 12.8. The fraction of sp³-hybridized carbons (Fsp3) is 0.571. The Morgan fingerprint density at radius 1 is 1.21 bits per heavy atom. The van der Waals surface area contributed by atoms with E-state index in [1.54, 1.807) is 16.7 Å². The van der Waals surface area contributed by atoms with Crippen molar-refractivity contribution in [1.29, 1.82) is 5.26 Å². The Bertz CT molecular complexity index is 687. The van der Waals surface area contributed by atoms with Crippen LogP contribution in [0.1, 0.15) is 25.8 Å². The van der Waals surface area contributed by atoms with Crippen molar-refractivity contribution in [2.24, 2.45) is 5.92 Å². The molecule has 0 bridgehead atoms. The average molecular weight is 419 g/mol. The summed E-state index contributed by atoms with van der Waals surface area (Å²) in [6, 6.07) is 10.6. The summed E-state index contributed by atoms with van der Waals surface area (Å²) in [5.74, 6) is 1.18. The zero-order valence-electron chi connectivity index (χ0n) is 17.1. The molecule has 2 unspecified atom stereocenters. The summed E-state index contributed by atoms with van der Waals surface area (Å²) in [6.45, 7) is 6.03. The second kappa shape index (κ2) is 12.3. The molecule has 0 aliphatic carbocycles. The number of hydrogen-bond acceptors (Lipinski definition) is 5. The van der Waals surface area contributed by atoms with Crippen molar-refractivity contribution < 1.29 is 14.3 Å². The second-order valence-corrected chi connectivity index (χ2v) is 8.45. The van der Waals surface area contributed by atoms with Gasteiger partial charge < -0.3 is 20.3 Å². The Kier molecular flexibility index (Phi) is 9.81. The van der Waals surface area contributed by atoms with Gasteiger partial charge in [-0.2, -0.15) is 17.0 Å². The van der Waals surface area contributed by atoms with Crippen LogP contribution in [-0.2, 0) is 15.3 Å². The summed E-state index contributed by atoms with van der Waals surface area (Å²) in [5.41, 5.74) is 1.18. The first-order valence-corrected chi connectivity index (χ1v) is 11.1. The molecule has 3 amide bonds. The van der Waals surface area contributed by atoms with E-state index in [1.165, 1.54) is 5.56 Å². The molecule has 1 aliphatic heterocycles. The monoisotopic (exact) mass is 418 g/mol. The molecule has 1 aromatic rings. The van der Waals surface area contributed by atoms with Crippen molar-refractivity contribution in [3.8, 4) is 6.07 Å². The van der Waals surface area contributed by atoms with Gasteiger partial charge in [-0.1, -0.05) is 44.2 Å². The number of carbonyl (C=O) groups is 2. The van der Waals surface area contributed by atoms with E-state index in [9.17, 15) is 14.9 Å². The Labute approximate surface area is 177 Å². The van der Waals surface area contributed by atoms with Crippen LogP contribution in [0.3, 0.4) is 0 Å². The van der Waals surface area contributed by atoms with Crippen molar-refractivity contribution in [2.75, 3.05) is 32.1 Å². The van der Waals surface area contributed by atoms with Gasteiger partial charge >= 0.3 is 6.03 Å². The lowest BCUT2D eigenvalue weighted by Gasteiger charge is -2.29. The summed E-state index contributed by atoms with van der Waals surface area (Å²) in [5, 5.41) is 15.1. The van der Waals surface area contributed by atoms with Crippen molar-refractivity contribution in [3.63, 3.8) is 0 Å². The first-order valence-electron chi connectivity index (χ1n) is 9.94. The third-order valence-corrected chi connectivity index (χ3v) is 5.59. The second-order valence-electron chi connectivity index (χ2n) is 7.42. The molecular formula is C21H30N4O3S. The van der Waals surface area contributed by atoms with E-state index in [2.05, 4.69) is 16.7 Å². The average Bonchev–Trinajstić information content (AvgIpc) is 2.73. The van der Waals surface area contributed by atoms with Gasteiger partial charge in [0.25, 0.3) is 0 Å². The number of morpholine rings is 1. The van der Waals surface area contributed by atoms with Gasteiger partial charge in [0.15, 0.2) is 0 Å². The highest BCUT2D eigenvalue weighted by molar-refractivity contribution is 7.98. The molecule has 1 saturated heterocycles.